The highest BCUT2D eigenvalue weighted by molar-refractivity contribution is 5.87. The third-order valence-electron chi connectivity index (χ3n) is 5.55. The zero-order valence-corrected chi connectivity index (χ0v) is 16.2. The Labute approximate surface area is 163 Å². The van der Waals surface area contributed by atoms with Gasteiger partial charge >= 0.3 is 5.69 Å². The molecule has 0 saturated carbocycles. The number of fused-ring (bicyclic) bond motifs is 1. The predicted molar refractivity (Wildman–Crippen MR) is 111 cm³/mol. The molecule has 2 N–H and O–H groups in total. The van der Waals surface area contributed by atoms with Crippen LogP contribution in [-0.2, 0) is 6.42 Å². The van der Waals surface area contributed by atoms with E-state index in [0.29, 0.717) is 12.1 Å². The minimum atomic E-state index is -0.420. The second-order valence-corrected chi connectivity index (χ2v) is 7.66. The largest absolute Gasteiger partial charge is 0.361 e. The Morgan fingerprint density at radius 3 is 3.04 bits per heavy atom. The van der Waals surface area contributed by atoms with E-state index in [2.05, 4.69) is 40.2 Å². The summed E-state index contributed by atoms with van der Waals surface area (Å²) in [5, 5.41) is 15.5. The van der Waals surface area contributed by atoms with E-state index in [0.717, 1.165) is 23.0 Å². The molecule has 1 saturated heterocycles. The van der Waals surface area contributed by atoms with Crippen molar-refractivity contribution in [3.8, 4) is 0 Å². The van der Waals surface area contributed by atoms with Crippen molar-refractivity contribution in [2.45, 2.75) is 45.2 Å². The first kappa shape index (κ1) is 18.4. The number of aromatic amines is 1. The van der Waals surface area contributed by atoms with Crippen molar-refractivity contribution in [1.82, 2.24) is 14.9 Å². The smallest absolute Gasteiger partial charge is 0.311 e. The Balaban J connectivity index is 1.61. The number of anilines is 2. The van der Waals surface area contributed by atoms with Crippen molar-refractivity contribution in [2.75, 3.05) is 11.9 Å². The number of nitrogens with zero attached hydrogens (tertiary/aromatic N) is 3. The van der Waals surface area contributed by atoms with Crippen LogP contribution >= 0.6 is 0 Å². The molecule has 1 fully saturated rings. The van der Waals surface area contributed by atoms with Crippen LogP contribution in [-0.4, -0.2) is 38.4 Å². The average Bonchev–Trinajstić information content (AvgIpc) is 3.30. The lowest BCUT2D eigenvalue weighted by molar-refractivity contribution is -0.384. The van der Waals surface area contributed by atoms with Gasteiger partial charge in [0.1, 0.15) is 0 Å². The molecule has 1 aliphatic rings. The van der Waals surface area contributed by atoms with E-state index in [-0.39, 0.29) is 11.5 Å². The molecule has 0 unspecified atom stereocenters. The highest BCUT2D eigenvalue weighted by Crippen LogP contribution is 2.30. The maximum Gasteiger partial charge on any atom is 0.311 e. The summed E-state index contributed by atoms with van der Waals surface area (Å²) in [6.45, 7) is 5.69. The molecular weight excluding hydrogens is 354 g/mol. The second kappa shape index (κ2) is 7.59. The molecule has 1 aliphatic heterocycles. The monoisotopic (exact) mass is 379 g/mol. The van der Waals surface area contributed by atoms with E-state index in [9.17, 15) is 10.1 Å². The van der Waals surface area contributed by atoms with Gasteiger partial charge in [-0.05, 0) is 69.5 Å². The molecule has 1 aromatic carbocycles. The number of hydrogen-bond acceptors (Lipinski definition) is 5. The number of nitro groups is 1. The summed E-state index contributed by atoms with van der Waals surface area (Å²) in [6.07, 6.45) is 7.13. The fourth-order valence-electron chi connectivity index (χ4n) is 4.21. The van der Waals surface area contributed by atoms with Gasteiger partial charge in [-0.1, -0.05) is 0 Å². The number of hydrogen-bond donors (Lipinski definition) is 2. The average molecular weight is 379 g/mol. The molecule has 4 rings (SSSR count). The molecule has 7 nitrogen and oxygen atoms in total. The first-order chi connectivity index (χ1) is 13.5. The van der Waals surface area contributed by atoms with Crippen LogP contribution in [0.15, 0.2) is 42.7 Å². The number of aromatic nitrogens is 2. The summed E-state index contributed by atoms with van der Waals surface area (Å²) in [4.78, 5) is 20.9. The van der Waals surface area contributed by atoms with Gasteiger partial charge in [0.15, 0.2) is 0 Å². The van der Waals surface area contributed by atoms with Crippen molar-refractivity contribution in [3.05, 3.63) is 58.4 Å². The lowest BCUT2D eigenvalue weighted by atomic mass is 10.0. The van der Waals surface area contributed by atoms with Gasteiger partial charge in [0.25, 0.3) is 0 Å². The number of H-pyrrole nitrogens is 1. The van der Waals surface area contributed by atoms with Gasteiger partial charge < -0.3 is 10.3 Å². The van der Waals surface area contributed by atoms with Crippen LogP contribution in [0.3, 0.4) is 0 Å². The van der Waals surface area contributed by atoms with Crippen LogP contribution in [0.2, 0.25) is 0 Å². The minimum absolute atomic E-state index is 0.0320. The lowest BCUT2D eigenvalue weighted by Gasteiger charge is -2.28. The van der Waals surface area contributed by atoms with Gasteiger partial charge in [0.05, 0.1) is 4.92 Å². The van der Waals surface area contributed by atoms with E-state index in [1.54, 1.807) is 12.3 Å². The predicted octanol–water partition coefficient (Wildman–Crippen LogP) is 4.63. The number of likely N-dealkylation sites (tertiary alicyclic amines) is 1. The van der Waals surface area contributed by atoms with E-state index < -0.39 is 4.92 Å². The summed E-state index contributed by atoms with van der Waals surface area (Å²) in [5.74, 6) is 0.255. The molecule has 28 heavy (non-hydrogen) atoms. The summed E-state index contributed by atoms with van der Waals surface area (Å²) in [7, 11) is 0. The zero-order chi connectivity index (χ0) is 19.7. The van der Waals surface area contributed by atoms with E-state index in [1.807, 2.05) is 18.2 Å². The molecule has 7 heteroatoms. The van der Waals surface area contributed by atoms with Gasteiger partial charge in [-0.2, -0.15) is 0 Å². The van der Waals surface area contributed by atoms with Crippen LogP contribution in [0.1, 0.15) is 32.3 Å². The number of pyridine rings is 1. The summed E-state index contributed by atoms with van der Waals surface area (Å²) >= 11 is 0. The highest BCUT2D eigenvalue weighted by Gasteiger charge is 2.27. The van der Waals surface area contributed by atoms with Crippen molar-refractivity contribution in [3.63, 3.8) is 0 Å². The van der Waals surface area contributed by atoms with Crippen molar-refractivity contribution in [1.29, 1.82) is 0 Å². The Morgan fingerprint density at radius 1 is 1.39 bits per heavy atom. The SMILES string of the molecule is CC(C)N1CCC[C@@H]1Cc1c[nH]c2ccc(Nc3ncccc3[N+](=O)[O-])cc12. The van der Waals surface area contributed by atoms with Crippen LogP contribution in [0.5, 0.6) is 0 Å². The third kappa shape index (κ3) is 3.57. The molecule has 3 heterocycles. The molecular formula is C21H25N5O2. The fraction of sp³-hybridized carbons (Fsp3) is 0.381. The van der Waals surface area contributed by atoms with E-state index in [4.69, 9.17) is 0 Å². The lowest BCUT2D eigenvalue weighted by Crippen LogP contribution is -2.36. The van der Waals surface area contributed by atoms with Gasteiger partial charge in [0.2, 0.25) is 5.82 Å². The first-order valence-electron chi connectivity index (χ1n) is 9.75. The highest BCUT2D eigenvalue weighted by atomic mass is 16.6. The zero-order valence-electron chi connectivity index (χ0n) is 16.2. The van der Waals surface area contributed by atoms with Gasteiger partial charge in [-0.15, -0.1) is 0 Å². The Kier molecular flexibility index (Phi) is 5.00. The number of benzene rings is 1. The summed E-state index contributed by atoms with van der Waals surface area (Å²) in [5.41, 5.74) is 3.12. The van der Waals surface area contributed by atoms with Crippen LogP contribution < -0.4 is 5.32 Å². The van der Waals surface area contributed by atoms with Gasteiger partial charge in [-0.25, -0.2) is 4.98 Å². The maximum absolute atomic E-state index is 11.2. The van der Waals surface area contributed by atoms with Crippen molar-refractivity contribution < 1.29 is 4.92 Å². The Hall–Kier alpha value is -2.93. The third-order valence-corrected chi connectivity index (χ3v) is 5.55. The number of nitrogens with one attached hydrogen (secondary N) is 2. The molecule has 0 spiro atoms. The van der Waals surface area contributed by atoms with E-state index >= 15 is 0 Å². The van der Waals surface area contributed by atoms with Crippen LogP contribution in [0.25, 0.3) is 10.9 Å². The Morgan fingerprint density at radius 2 is 2.25 bits per heavy atom. The molecule has 146 valence electrons. The molecule has 0 amide bonds. The van der Waals surface area contributed by atoms with Gasteiger partial charge in [0, 0.05) is 47.1 Å². The van der Waals surface area contributed by atoms with E-state index in [1.165, 1.54) is 31.0 Å². The van der Waals surface area contributed by atoms with Crippen molar-refractivity contribution >= 4 is 28.1 Å². The quantitative estimate of drug-likeness (QED) is 0.482. The topological polar surface area (TPSA) is 87.1 Å². The number of rotatable bonds is 6. The molecule has 2 aromatic heterocycles. The first-order valence-corrected chi connectivity index (χ1v) is 9.75. The second-order valence-electron chi connectivity index (χ2n) is 7.66. The van der Waals surface area contributed by atoms with Gasteiger partial charge in [-0.3, -0.25) is 15.0 Å². The molecule has 0 radical (unpaired) electrons. The molecule has 1 atom stereocenters. The summed E-state index contributed by atoms with van der Waals surface area (Å²) in [6, 6.07) is 10.1. The standard InChI is InChI=1S/C21H25N5O2/c1-14(2)25-10-4-5-17(25)11-15-13-23-19-8-7-16(12-18(15)19)24-21-20(26(27)28)6-3-9-22-21/h3,6-9,12-14,17,23H,4-5,10-11H2,1-2H3,(H,22,24)/t17-/m1/s1. The fourth-order valence-corrected chi connectivity index (χ4v) is 4.21. The Bertz CT molecular complexity index is 997. The molecule has 0 aliphatic carbocycles. The van der Waals surface area contributed by atoms with Crippen LogP contribution in [0.4, 0.5) is 17.2 Å². The molecule has 3 aromatic rings. The van der Waals surface area contributed by atoms with Crippen molar-refractivity contribution in [2.24, 2.45) is 0 Å². The maximum atomic E-state index is 11.2. The normalized spacial score (nSPS) is 17.5. The molecule has 0 bridgehead atoms. The minimum Gasteiger partial charge on any atom is -0.361 e. The van der Waals surface area contributed by atoms with Crippen LogP contribution in [0, 0.1) is 10.1 Å². The summed E-state index contributed by atoms with van der Waals surface area (Å²) < 4.78 is 0.